The zero-order chi connectivity index (χ0) is 14.4. The number of halogens is 2. The van der Waals surface area contributed by atoms with E-state index in [0.29, 0.717) is 0 Å². The fourth-order valence-electron chi connectivity index (χ4n) is 2.05. The predicted molar refractivity (Wildman–Crippen MR) is 72.8 cm³/mol. The second-order valence-corrected chi connectivity index (χ2v) is 4.36. The molecule has 0 bridgehead atoms. The summed E-state index contributed by atoms with van der Waals surface area (Å²) >= 11 is 0. The third-order valence-corrected chi connectivity index (χ3v) is 3.00. The molecule has 0 saturated heterocycles. The van der Waals surface area contributed by atoms with Gasteiger partial charge in [0.2, 0.25) is 0 Å². The average Bonchev–Trinajstić information content (AvgIpc) is 2.45. The highest BCUT2D eigenvalue weighted by Gasteiger charge is 2.12. The first-order valence-corrected chi connectivity index (χ1v) is 6.30. The number of aromatic nitrogens is 1. The molecule has 0 saturated carbocycles. The van der Waals surface area contributed by atoms with Crippen LogP contribution in [0.2, 0.25) is 0 Å². The van der Waals surface area contributed by atoms with Crippen LogP contribution in [0.25, 0.3) is 0 Å². The van der Waals surface area contributed by atoms with Crippen LogP contribution >= 0.6 is 0 Å². The Bertz CT molecular complexity index is 534. The lowest BCUT2D eigenvalue weighted by Gasteiger charge is -2.17. The summed E-state index contributed by atoms with van der Waals surface area (Å²) in [6.07, 6.45) is 4.24. The minimum atomic E-state index is -2.81. The molecule has 106 valence electrons. The number of benzene rings is 1. The molecule has 3 nitrogen and oxygen atoms in total. The molecule has 0 fully saturated rings. The lowest BCUT2D eigenvalue weighted by Crippen LogP contribution is -2.19. The Balaban J connectivity index is 2.15. The van der Waals surface area contributed by atoms with Crippen LogP contribution < -0.4 is 10.1 Å². The van der Waals surface area contributed by atoms with Crippen molar-refractivity contribution in [2.24, 2.45) is 0 Å². The molecule has 5 heteroatoms. The number of hydrogen-bond acceptors (Lipinski definition) is 3. The third kappa shape index (κ3) is 3.99. The number of nitrogens with zero attached hydrogens (tertiary/aromatic N) is 1. The minimum Gasteiger partial charge on any atom is -0.435 e. The van der Waals surface area contributed by atoms with Crippen molar-refractivity contribution < 1.29 is 13.5 Å². The van der Waals surface area contributed by atoms with E-state index in [-0.39, 0.29) is 11.8 Å². The topological polar surface area (TPSA) is 34.2 Å². The number of nitrogens with one attached hydrogen (secondary N) is 1. The average molecular weight is 278 g/mol. The predicted octanol–water partition coefficient (Wildman–Crippen LogP) is 3.19. The molecule has 0 aliphatic carbocycles. The Morgan fingerprint density at radius 3 is 2.75 bits per heavy atom. The molecule has 0 amide bonds. The van der Waals surface area contributed by atoms with Crippen molar-refractivity contribution >= 4 is 0 Å². The van der Waals surface area contributed by atoms with Gasteiger partial charge in [-0.1, -0.05) is 18.2 Å². The largest absolute Gasteiger partial charge is 0.435 e. The Morgan fingerprint density at radius 2 is 2.10 bits per heavy atom. The van der Waals surface area contributed by atoms with Gasteiger partial charge in [-0.3, -0.25) is 4.98 Å². The van der Waals surface area contributed by atoms with Crippen molar-refractivity contribution in [3.8, 4) is 5.75 Å². The molecule has 2 rings (SSSR count). The maximum Gasteiger partial charge on any atom is 0.387 e. The molecular formula is C15H16F2N2O. The fraction of sp³-hybridized carbons (Fsp3) is 0.267. The standard InChI is InChI=1S/C15H16F2N2O/c1-18-14(8-11-4-3-7-19-10-11)12-5-2-6-13(9-12)20-15(16)17/h2-7,9-10,14-15,18H,8H2,1H3. The van der Waals surface area contributed by atoms with Gasteiger partial charge in [0.05, 0.1) is 0 Å². The number of likely N-dealkylation sites (N-methyl/N-ethyl adjacent to an activating group) is 1. The fourth-order valence-corrected chi connectivity index (χ4v) is 2.05. The van der Waals surface area contributed by atoms with Crippen LogP contribution in [0.5, 0.6) is 5.75 Å². The van der Waals surface area contributed by atoms with Gasteiger partial charge in [0.1, 0.15) is 5.75 Å². The van der Waals surface area contributed by atoms with Crippen LogP contribution in [0.1, 0.15) is 17.2 Å². The Morgan fingerprint density at radius 1 is 1.25 bits per heavy atom. The van der Waals surface area contributed by atoms with E-state index < -0.39 is 6.61 Å². The number of hydrogen-bond donors (Lipinski definition) is 1. The van der Waals surface area contributed by atoms with Crippen LogP contribution in [0, 0.1) is 0 Å². The first-order valence-electron chi connectivity index (χ1n) is 6.30. The van der Waals surface area contributed by atoms with Gasteiger partial charge >= 0.3 is 6.61 Å². The SMILES string of the molecule is CNC(Cc1cccnc1)c1cccc(OC(F)F)c1. The molecule has 0 radical (unpaired) electrons. The zero-order valence-corrected chi connectivity index (χ0v) is 11.1. The van der Waals surface area contributed by atoms with E-state index in [1.807, 2.05) is 25.2 Å². The van der Waals surface area contributed by atoms with E-state index in [2.05, 4.69) is 15.0 Å². The lowest BCUT2D eigenvalue weighted by atomic mass is 10.00. The van der Waals surface area contributed by atoms with Crippen LogP contribution in [0.3, 0.4) is 0 Å². The van der Waals surface area contributed by atoms with Crippen LogP contribution in [-0.4, -0.2) is 18.6 Å². The summed E-state index contributed by atoms with van der Waals surface area (Å²) in [5.41, 5.74) is 1.97. The summed E-state index contributed by atoms with van der Waals surface area (Å²) in [5, 5.41) is 3.18. The highest BCUT2D eigenvalue weighted by molar-refractivity contribution is 5.31. The summed E-state index contributed by atoms with van der Waals surface area (Å²) < 4.78 is 28.9. The molecule has 0 aliphatic rings. The quantitative estimate of drug-likeness (QED) is 0.881. The molecule has 20 heavy (non-hydrogen) atoms. The van der Waals surface area contributed by atoms with E-state index in [9.17, 15) is 8.78 Å². The smallest absolute Gasteiger partial charge is 0.387 e. The summed E-state index contributed by atoms with van der Waals surface area (Å²) in [6.45, 7) is -2.81. The molecule has 0 aliphatic heterocycles. The monoisotopic (exact) mass is 278 g/mol. The van der Waals surface area contributed by atoms with E-state index in [0.717, 1.165) is 17.5 Å². The van der Waals surface area contributed by atoms with Gasteiger partial charge < -0.3 is 10.1 Å². The summed E-state index contributed by atoms with van der Waals surface area (Å²) in [5.74, 6) is 0.170. The van der Waals surface area contributed by atoms with Crippen molar-refractivity contribution in [3.05, 3.63) is 59.9 Å². The molecule has 1 N–H and O–H groups in total. The molecule has 1 unspecified atom stereocenters. The van der Waals surface area contributed by atoms with Crippen LogP contribution in [-0.2, 0) is 6.42 Å². The van der Waals surface area contributed by atoms with E-state index in [4.69, 9.17) is 0 Å². The first-order chi connectivity index (χ1) is 9.69. The van der Waals surface area contributed by atoms with Crippen molar-refractivity contribution in [2.45, 2.75) is 19.1 Å². The molecule has 1 aromatic carbocycles. The maximum absolute atomic E-state index is 12.2. The van der Waals surface area contributed by atoms with Gasteiger partial charge in [0.15, 0.2) is 0 Å². The second kappa shape index (κ2) is 6.96. The lowest BCUT2D eigenvalue weighted by molar-refractivity contribution is -0.0499. The highest BCUT2D eigenvalue weighted by atomic mass is 19.3. The normalized spacial score (nSPS) is 12.4. The van der Waals surface area contributed by atoms with Gasteiger partial charge in [-0.05, 0) is 42.8 Å². The van der Waals surface area contributed by atoms with E-state index >= 15 is 0 Å². The summed E-state index contributed by atoms with van der Waals surface area (Å²) in [4.78, 5) is 4.07. The van der Waals surface area contributed by atoms with E-state index in [1.165, 1.54) is 6.07 Å². The summed E-state index contributed by atoms with van der Waals surface area (Å²) in [7, 11) is 1.83. The molecule has 1 atom stereocenters. The van der Waals surface area contributed by atoms with E-state index in [1.54, 1.807) is 24.5 Å². The highest BCUT2D eigenvalue weighted by Crippen LogP contribution is 2.23. The number of alkyl halides is 2. The van der Waals surface area contributed by atoms with Gasteiger partial charge in [-0.2, -0.15) is 8.78 Å². The molecule has 1 heterocycles. The van der Waals surface area contributed by atoms with Crippen molar-refractivity contribution in [2.75, 3.05) is 7.05 Å². The second-order valence-electron chi connectivity index (χ2n) is 4.36. The van der Waals surface area contributed by atoms with Gasteiger partial charge in [-0.25, -0.2) is 0 Å². The Hall–Kier alpha value is -2.01. The van der Waals surface area contributed by atoms with Gasteiger partial charge in [0, 0.05) is 18.4 Å². The van der Waals surface area contributed by atoms with Crippen LogP contribution in [0.4, 0.5) is 8.78 Å². The Kier molecular flexibility index (Phi) is 5.01. The summed E-state index contributed by atoms with van der Waals surface area (Å²) in [6, 6.07) is 10.6. The number of ether oxygens (including phenoxy) is 1. The first kappa shape index (κ1) is 14.4. The van der Waals surface area contributed by atoms with Crippen molar-refractivity contribution in [1.82, 2.24) is 10.3 Å². The Labute approximate surface area is 116 Å². The van der Waals surface area contributed by atoms with Crippen molar-refractivity contribution in [3.63, 3.8) is 0 Å². The zero-order valence-electron chi connectivity index (χ0n) is 11.1. The van der Waals surface area contributed by atoms with Crippen molar-refractivity contribution in [1.29, 1.82) is 0 Å². The minimum absolute atomic E-state index is 0.0143. The third-order valence-electron chi connectivity index (χ3n) is 3.00. The molecule has 2 aromatic rings. The van der Waals surface area contributed by atoms with Crippen LogP contribution in [0.15, 0.2) is 48.8 Å². The van der Waals surface area contributed by atoms with Gasteiger partial charge in [0.25, 0.3) is 0 Å². The van der Waals surface area contributed by atoms with Gasteiger partial charge in [-0.15, -0.1) is 0 Å². The maximum atomic E-state index is 12.2. The molecular weight excluding hydrogens is 262 g/mol. The number of pyridine rings is 1. The molecule has 0 spiro atoms. The molecule has 1 aromatic heterocycles. The number of rotatable bonds is 6.